The number of aliphatic hydroxyl groups is 2. The van der Waals surface area contributed by atoms with Crippen LogP contribution in [0.1, 0.15) is 18.4 Å². The number of nitrogens with zero attached hydrogens (tertiary/aromatic N) is 1. The highest BCUT2D eigenvalue weighted by atomic mass is 79.9. The predicted octanol–water partition coefficient (Wildman–Crippen LogP) is 1.90. The molecular formula is C12H16BrNO2. The Balaban J connectivity index is 2.22. The Kier molecular flexibility index (Phi) is 3.84. The maximum atomic E-state index is 9.07. The van der Waals surface area contributed by atoms with Gasteiger partial charge in [0.15, 0.2) is 0 Å². The van der Waals surface area contributed by atoms with Crippen molar-refractivity contribution in [3.05, 3.63) is 28.2 Å². The highest BCUT2D eigenvalue weighted by Crippen LogP contribution is 2.35. The summed E-state index contributed by atoms with van der Waals surface area (Å²) in [5.74, 6) is 0. The number of hydrogen-bond acceptors (Lipinski definition) is 3. The fraction of sp³-hybridized carbons (Fsp3) is 0.500. The Bertz CT molecular complexity index is 366. The molecule has 2 N–H and O–H groups in total. The van der Waals surface area contributed by atoms with Gasteiger partial charge in [-0.05, 0) is 46.5 Å². The van der Waals surface area contributed by atoms with Crippen LogP contribution in [-0.2, 0) is 6.61 Å². The van der Waals surface area contributed by atoms with Gasteiger partial charge in [-0.1, -0.05) is 6.07 Å². The third-order valence-corrected chi connectivity index (χ3v) is 3.47. The van der Waals surface area contributed by atoms with Crippen molar-refractivity contribution in [2.24, 2.45) is 0 Å². The Morgan fingerprint density at radius 1 is 1.31 bits per heavy atom. The van der Waals surface area contributed by atoms with Gasteiger partial charge < -0.3 is 15.1 Å². The average molecular weight is 286 g/mol. The van der Waals surface area contributed by atoms with E-state index in [1.807, 2.05) is 18.2 Å². The van der Waals surface area contributed by atoms with Gasteiger partial charge in [0, 0.05) is 17.1 Å². The van der Waals surface area contributed by atoms with Gasteiger partial charge in [0.2, 0.25) is 0 Å². The summed E-state index contributed by atoms with van der Waals surface area (Å²) in [6, 6.07) is 6.43. The molecule has 2 rings (SSSR count). The molecule has 0 aliphatic heterocycles. The lowest BCUT2D eigenvalue weighted by Crippen LogP contribution is -2.29. The zero-order valence-electron chi connectivity index (χ0n) is 9.06. The molecule has 88 valence electrons. The quantitative estimate of drug-likeness (QED) is 0.869. The normalized spacial score (nSPS) is 15.2. The summed E-state index contributed by atoms with van der Waals surface area (Å²) in [7, 11) is 0. The van der Waals surface area contributed by atoms with E-state index >= 15 is 0 Å². The second kappa shape index (κ2) is 5.17. The first-order chi connectivity index (χ1) is 7.76. The highest BCUT2D eigenvalue weighted by Gasteiger charge is 2.29. The highest BCUT2D eigenvalue weighted by molar-refractivity contribution is 9.10. The number of benzene rings is 1. The second-order valence-corrected chi connectivity index (χ2v) is 4.95. The van der Waals surface area contributed by atoms with Gasteiger partial charge in [-0.25, -0.2) is 0 Å². The van der Waals surface area contributed by atoms with E-state index < -0.39 is 0 Å². The molecule has 1 aromatic carbocycles. The van der Waals surface area contributed by atoms with Crippen LogP contribution in [0.5, 0.6) is 0 Å². The van der Waals surface area contributed by atoms with Crippen molar-refractivity contribution in [3.63, 3.8) is 0 Å². The van der Waals surface area contributed by atoms with Gasteiger partial charge in [-0.3, -0.25) is 0 Å². The van der Waals surface area contributed by atoms with Crippen LogP contribution in [0.25, 0.3) is 0 Å². The monoisotopic (exact) mass is 285 g/mol. The molecule has 1 saturated carbocycles. The van der Waals surface area contributed by atoms with Gasteiger partial charge in [-0.15, -0.1) is 0 Å². The summed E-state index contributed by atoms with van der Waals surface area (Å²) in [4.78, 5) is 2.23. The largest absolute Gasteiger partial charge is 0.395 e. The lowest BCUT2D eigenvalue weighted by molar-refractivity contribution is 0.281. The summed E-state index contributed by atoms with van der Waals surface area (Å²) in [6.45, 7) is 0.898. The van der Waals surface area contributed by atoms with Crippen LogP contribution in [0.15, 0.2) is 22.7 Å². The number of hydrogen-bond donors (Lipinski definition) is 2. The van der Waals surface area contributed by atoms with Gasteiger partial charge in [0.25, 0.3) is 0 Å². The Hall–Kier alpha value is -0.580. The topological polar surface area (TPSA) is 43.7 Å². The Labute approximate surface area is 104 Å². The molecule has 1 aliphatic rings. The summed E-state index contributed by atoms with van der Waals surface area (Å²) < 4.78 is 0.986. The molecule has 0 atom stereocenters. The van der Waals surface area contributed by atoms with Crippen molar-refractivity contribution < 1.29 is 10.2 Å². The second-order valence-electron chi connectivity index (χ2n) is 4.09. The maximum Gasteiger partial charge on any atom is 0.0682 e. The van der Waals surface area contributed by atoms with Crippen molar-refractivity contribution in [3.8, 4) is 0 Å². The van der Waals surface area contributed by atoms with E-state index in [2.05, 4.69) is 20.8 Å². The van der Waals surface area contributed by atoms with Crippen LogP contribution in [0.4, 0.5) is 5.69 Å². The summed E-state index contributed by atoms with van der Waals surface area (Å²) >= 11 is 3.52. The van der Waals surface area contributed by atoms with Crippen LogP contribution < -0.4 is 4.90 Å². The molecule has 0 bridgehead atoms. The van der Waals surface area contributed by atoms with Gasteiger partial charge in [0.05, 0.1) is 18.9 Å². The predicted molar refractivity (Wildman–Crippen MR) is 67.5 cm³/mol. The molecule has 0 aromatic heterocycles. The van der Waals surface area contributed by atoms with Crippen LogP contribution in [0, 0.1) is 0 Å². The van der Waals surface area contributed by atoms with E-state index in [-0.39, 0.29) is 13.2 Å². The van der Waals surface area contributed by atoms with E-state index in [9.17, 15) is 0 Å². The molecule has 0 amide bonds. The standard InChI is InChI=1S/C12H16BrNO2/c13-11-7-9(8-16)1-4-12(11)14(5-6-15)10-2-3-10/h1,4,7,10,15-16H,2-3,5-6,8H2. The third kappa shape index (κ3) is 2.56. The van der Waals surface area contributed by atoms with Gasteiger partial charge in [0.1, 0.15) is 0 Å². The van der Waals surface area contributed by atoms with E-state index in [1.165, 1.54) is 12.8 Å². The van der Waals surface area contributed by atoms with Crippen molar-refractivity contribution >= 4 is 21.6 Å². The number of aliphatic hydroxyl groups excluding tert-OH is 2. The molecule has 0 radical (unpaired) electrons. The zero-order valence-corrected chi connectivity index (χ0v) is 10.7. The average Bonchev–Trinajstić information content (AvgIpc) is 3.10. The SMILES string of the molecule is OCCN(c1ccc(CO)cc1Br)C1CC1. The van der Waals surface area contributed by atoms with Crippen LogP contribution in [-0.4, -0.2) is 29.4 Å². The van der Waals surface area contributed by atoms with Crippen LogP contribution in [0.3, 0.4) is 0 Å². The fourth-order valence-electron chi connectivity index (χ4n) is 1.88. The molecule has 0 saturated heterocycles. The minimum Gasteiger partial charge on any atom is -0.395 e. The molecule has 1 fully saturated rings. The summed E-state index contributed by atoms with van der Waals surface area (Å²) in [6.07, 6.45) is 2.41. The molecule has 1 aromatic rings. The first-order valence-electron chi connectivity index (χ1n) is 5.53. The Morgan fingerprint density at radius 2 is 2.06 bits per heavy atom. The minimum atomic E-state index is 0.0578. The van der Waals surface area contributed by atoms with E-state index in [1.54, 1.807) is 0 Å². The van der Waals surface area contributed by atoms with E-state index in [4.69, 9.17) is 10.2 Å². The Morgan fingerprint density at radius 3 is 2.56 bits per heavy atom. The molecule has 16 heavy (non-hydrogen) atoms. The smallest absolute Gasteiger partial charge is 0.0682 e. The molecular weight excluding hydrogens is 270 g/mol. The molecule has 4 heteroatoms. The summed E-state index contributed by atoms with van der Waals surface area (Å²) in [5.41, 5.74) is 2.00. The summed E-state index contributed by atoms with van der Waals surface area (Å²) in [5, 5.41) is 18.1. The molecule has 0 heterocycles. The van der Waals surface area contributed by atoms with E-state index in [0.29, 0.717) is 12.6 Å². The maximum absolute atomic E-state index is 9.07. The molecule has 1 aliphatic carbocycles. The van der Waals surface area contributed by atoms with E-state index in [0.717, 1.165) is 15.7 Å². The molecule has 0 unspecified atom stereocenters. The first-order valence-corrected chi connectivity index (χ1v) is 6.32. The van der Waals surface area contributed by atoms with Crippen LogP contribution in [0.2, 0.25) is 0 Å². The lowest BCUT2D eigenvalue weighted by Gasteiger charge is -2.25. The minimum absolute atomic E-state index is 0.0578. The first kappa shape index (κ1) is 11.9. The van der Waals surface area contributed by atoms with Crippen molar-refractivity contribution in [1.29, 1.82) is 0 Å². The molecule has 3 nitrogen and oxygen atoms in total. The third-order valence-electron chi connectivity index (χ3n) is 2.83. The molecule has 0 spiro atoms. The number of rotatable bonds is 5. The van der Waals surface area contributed by atoms with Crippen LogP contribution >= 0.6 is 15.9 Å². The number of anilines is 1. The number of halogens is 1. The fourth-order valence-corrected chi connectivity index (χ4v) is 2.53. The lowest BCUT2D eigenvalue weighted by atomic mass is 10.2. The van der Waals surface area contributed by atoms with Crippen molar-refractivity contribution in [1.82, 2.24) is 0 Å². The van der Waals surface area contributed by atoms with Gasteiger partial charge >= 0.3 is 0 Å². The van der Waals surface area contributed by atoms with Crippen molar-refractivity contribution in [2.75, 3.05) is 18.1 Å². The van der Waals surface area contributed by atoms with Crippen molar-refractivity contribution in [2.45, 2.75) is 25.5 Å². The van der Waals surface area contributed by atoms with Gasteiger partial charge in [-0.2, -0.15) is 0 Å². The zero-order chi connectivity index (χ0) is 11.5.